The van der Waals surface area contributed by atoms with E-state index in [1.165, 1.54) is 12.8 Å². The molecule has 0 aromatic carbocycles. The summed E-state index contributed by atoms with van der Waals surface area (Å²) in [7, 11) is 4.20. The molecule has 1 fully saturated rings. The molecule has 1 N–H and O–H groups in total. The van der Waals surface area contributed by atoms with Gasteiger partial charge in [-0.05, 0) is 26.9 Å². The van der Waals surface area contributed by atoms with Gasteiger partial charge in [0.25, 0.3) is 0 Å². The maximum absolute atomic E-state index is 5.31. The van der Waals surface area contributed by atoms with Gasteiger partial charge in [0, 0.05) is 32.3 Å². The summed E-state index contributed by atoms with van der Waals surface area (Å²) in [6.45, 7) is 4.10. The fourth-order valence-corrected chi connectivity index (χ4v) is 1.60. The zero-order valence-corrected chi connectivity index (χ0v) is 8.18. The van der Waals surface area contributed by atoms with Gasteiger partial charge in [0.05, 0.1) is 0 Å². The Labute approximate surface area is 75.1 Å². The second-order valence-electron chi connectivity index (χ2n) is 3.43. The summed E-state index contributed by atoms with van der Waals surface area (Å²) in [5.74, 6) is 0. The first-order valence-electron chi connectivity index (χ1n) is 4.77. The molecule has 72 valence electrons. The first-order chi connectivity index (χ1) is 5.84. The Morgan fingerprint density at radius 3 is 2.67 bits per heavy atom. The minimum absolute atomic E-state index is 0.743. The van der Waals surface area contributed by atoms with Crippen LogP contribution in [0.25, 0.3) is 0 Å². The zero-order valence-electron chi connectivity index (χ0n) is 8.18. The Balaban J connectivity index is 2.15. The van der Waals surface area contributed by atoms with Gasteiger partial charge in [0.1, 0.15) is 0 Å². The first kappa shape index (κ1) is 9.96. The maximum atomic E-state index is 5.31. The largest absolute Gasteiger partial charge is 0.381 e. The van der Waals surface area contributed by atoms with Crippen molar-refractivity contribution in [2.45, 2.75) is 18.9 Å². The summed E-state index contributed by atoms with van der Waals surface area (Å²) in [4.78, 5) is 2.43. The molecule has 3 heteroatoms. The third kappa shape index (κ3) is 3.09. The quantitative estimate of drug-likeness (QED) is 0.661. The maximum Gasteiger partial charge on any atom is 0.0480 e. The van der Waals surface area contributed by atoms with Crippen LogP contribution in [0.3, 0.4) is 0 Å². The third-order valence-corrected chi connectivity index (χ3v) is 2.53. The Kier molecular flexibility index (Phi) is 4.58. The van der Waals surface area contributed by atoms with Crippen LogP contribution in [0.4, 0.5) is 0 Å². The lowest BCUT2D eigenvalue weighted by atomic mass is 10.1. The molecule has 1 aliphatic heterocycles. The predicted molar refractivity (Wildman–Crippen MR) is 50.4 cm³/mol. The summed E-state index contributed by atoms with van der Waals surface area (Å²) in [6, 6.07) is 0.743. The topological polar surface area (TPSA) is 24.5 Å². The van der Waals surface area contributed by atoms with Gasteiger partial charge in [0.2, 0.25) is 0 Å². The van der Waals surface area contributed by atoms with E-state index in [4.69, 9.17) is 4.74 Å². The number of hydrogen-bond acceptors (Lipinski definition) is 3. The van der Waals surface area contributed by atoms with Gasteiger partial charge in [-0.25, -0.2) is 0 Å². The second kappa shape index (κ2) is 5.51. The van der Waals surface area contributed by atoms with Gasteiger partial charge in [-0.1, -0.05) is 0 Å². The number of nitrogens with one attached hydrogen (secondary N) is 1. The number of nitrogens with zero attached hydrogens (tertiary/aromatic N) is 1. The van der Waals surface area contributed by atoms with Gasteiger partial charge in [-0.2, -0.15) is 0 Å². The number of ether oxygens (including phenoxy) is 1. The summed E-state index contributed by atoms with van der Waals surface area (Å²) in [5.41, 5.74) is 0. The molecule has 12 heavy (non-hydrogen) atoms. The van der Waals surface area contributed by atoms with E-state index in [1.807, 2.05) is 7.05 Å². The number of rotatable bonds is 4. The highest BCUT2D eigenvalue weighted by atomic mass is 16.5. The molecule has 1 rings (SSSR count). The van der Waals surface area contributed by atoms with E-state index in [0.717, 1.165) is 32.3 Å². The van der Waals surface area contributed by atoms with Crippen molar-refractivity contribution in [2.24, 2.45) is 0 Å². The average molecular weight is 172 g/mol. The van der Waals surface area contributed by atoms with Gasteiger partial charge >= 0.3 is 0 Å². The number of likely N-dealkylation sites (N-methyl/N-ethyl adjacent to an activating group) is 2. The van der Waals surface area contributed by atoms with Crippen LogP contribution < -0.4 is 5.32 Å². The van der Waals surface area contributed by atoms with Crippen molar-refractivity contribution in [1.29, 1.82) is 0 Å². The molecule has 1 heterocycles. The van der Waals surface area contributed by atoms with Crippen molar-refractivity contribution >= 4 is 0 Å². The van der Waals surface area contributed by atoms with Crippen LogP contribution >= 0.6 is 0 Å². The molecule has 0 unspecified atom stereocenters. The summed E-state index contributed by atoms with van der Waals surface area (Å²) < 4.78 is 5.31. The van der Waals surface area contributed by atoms with Gasteiger partial charge in [0.15, 0.2) is 0 Å². The Bertz CT molecular complexity index is 113. The van der Waals surface area contributed by atoms with E-state index in [1.54, 1.807) is 0 Å². The molecule has 3 nitrogen and oxygen atoms in total. The van der Waals surface area contributed by atoms with E-state index >= 15 is 0 Å². The highest BCUT2D eigenvalue weighted by Crippen LogP contribution is 2.11. The minimum atomic E-state index is 0.743. The van der Waals surface area contributed by atoms with Crippen LogP contribution in [0.15, 0.2) is 0 Å². The minimum Gasteiger partial charge on any atom is -0.381 e. The van der Waals surface area contributed by atoms with Crippen molar-refractivity contribution in [2.75, 3.05) is 40.4 Å². The lowest BCUT2D eigenvalue weighted by Crippen LogP contribution is -2.39. The van der Waals surface area contributed by atoms with Crippen LogP contribution in [0, 0.1) is 0 Å². The normalized spacial score (nSPS) is 20.2. The van der Waals surface area contributed by atoms with Crippen molar-refractivity contribution in [3.05, 3.63) is 0 Å². The van der Waals surface area contributed by atoms with Crippen molar-refractivity contribution < 1.29 is 4.74 Å². The Hall–Kier alpha value is -0.120. The van der Waals surface area contributed by atoms with Crippen LogP contribution in [0.2, 0.25) is 0 Å². The zero-order chi connectivity index (χ0) is 8.81. The molecule has 0 spiro atoms. The molecule has 0 aliphatic carbocycles. The molecular weight excluding hydrogens is 152 g/mol. The van der Waals surface area contributed by atoms with Crippen LogP contribution in [0.5, 0.6) is 0 Å². The van der Waals surface area contributed by atoms with E-state index in [9.17, 15) is 0 Å². The summed E-state index contributed by atoms with van der Waals surface area (Å²) >= 11 is 0. The molecule has 0 saturated carbocycles. The molecular formula is C9H20N2O. The first-order valence-corrected chi connectivity index (χ1v) is 4.77. The van der Waals surface area contributed by atoms with Crippen LogP contribution in [0.1, 0.15) is 12.8 Å². The molecule has 0 aromatic rings. The standard InChI is InChI=1S/C9H20N2O/c1-10-5-6-11(2)9-3-7-12-8-4-9/h9-10H,3-8H2,1-2H3. The van der Waals surface area contributed by atoms with Gasteiger partial charge in [-0.3, -0.25) is 0 Å². The van der Waals surface area contributed by atoms with E-state index < -0.39 is 0 Å². The molecule has 0 aromatic heterocycles. The lowest BCUT2D eigenvalue weighted by molar-refractivity contribution is 0.0435. The van der Waals surface area contributed by atoms with Crippen molar-refractivity contribution in [1.82, 2.24) is 10.2 Å². The molecule has 1 saturated heterocycles. The fourth-order valence-electron chi connectivity index (χ4n) is 1.60. The van der Waals surface area contributed by atoms with Gasteiger partial charge < -0.3 is 15.0 Å². The SMILES string of the molecule is CNCCN(C)C1CCOCC1. The monoisotopic (exact) mass is 172 g/mol. The van der Waals surface area contributed by atoms with Gasteiger partial charge in [-0.15, -0.1) is 0 Å². The lowest BCUT2D eigenvalue weighted by Gasteiger charge is -2.30. The number of hydrogen-bond donors (Lipinski definition) is 1. The molecule has 0 radical (unpaired) electrons. The third-order valence-electron chi connectivity index (χ3n) is 2.53. The average Bonchev–Trinajstić information content (AvgIpc) is 2.15. The molecule has 1 aliphatic rings. The molecule has 0 atom stereocenters. The van der Waals surface area contributed by atoms with E-state index in [0.29, 0.717) is 0 Å². The smallest absolute Gasteiger partial charge is 0.0480 e. The fraction of sp³-hybridized carbons (Fsp3) is 1.00. The highest BCUT2D eigenvalue weighted by molar-refractivity contribution is 4.71. The summed E-state index contributed by atoms with van der Waals surface area (Å²) in [6.07, 6.45) is 2.39. The van der Waals surface area contributed by atoms with Crippen LogP contribution in [-0.4, -0.2) is 51.3 Å². The van der Waals surface area contributed by atoms with E-state index in [2.05, 4.69) is 17.3 Å². The predicted octanol–water partition coefficient (Wildman–Crippen LogP) is 0.317. The van der Waals surface area contributed by atoms with Crippen molar-refractivity contribution in [3.63, 3.8) is 0 Å². The Morgan fingerprint density at radius 1 is 1.42 bits per heavy atom. The van der Waals surface area contributed by atoms with Crippen molar-refractivity contribution in [3.8, 4) is 0 Å². The Morgan fingerprint density at radius 2 is 2.08 bits per heavy atom. The van der Waals surface area contributed by atoms with Crippen LogP contribution in [-0.2, 0) is 4.74 Å². The highest BCUT2D eigenvalue weighted by Gasteiger charge is 2.17. The molecule has 0 amide bonds. The second-order valence-corrected chi connectivity index (χ2v) is 3.43. The van der Waals surface area contributed by atoms with E-state index in [-0.39, 0.29) is 0 Å². The molecule has 0 bridgehead atoms. The summed E-state index contributed by atoms with van der Waals surface area (Å²) in [5, 5.41) is 3.16.